The van der Waals surface area contributed by atoms with E-state index in [-0.39, 0.29) is 6.04 Å². The molecule has 0 saturated carbocycles. The van der Waals surface area contributed by atoms with Crippen LogP contribution in [0.2, 0.25) is 0 Å². The molecule has 0 radical (unpaired) electrons. The SMILES string of the molecule is CCC(CC)N(CC(C)C)C(=O)C1CSCCN1. The average molecular weight is 272 g/mol. The van der Waals surface area contributed by atoms with Crippen molar-refractivity contribution in [3.8, 4) is 0 Å². The van der Waals surface area contributed by atoms with E-state index in [4.69, 9.17) is 0 Å². The first-order valence-electron chi connectivity index (χ1n) is 7.21. The Hall–Kier alpha value is -0.220. The second kappa shape index (κ2) is 8.05. The van der Waals surface area contributed by atoms with Gasteiger partial charge in [-0.25, -0.2) is 0 Å². The summed E-state index contributed by atoms with van der Waals surface area (Å²) in [7, 11) is 0. The van der Waals surface area contributed by atoms with Crippen LogP contribution < -0.4 is 5.32 Å². The van der Waals surface area contributed by atoms with E-state index >= 15 is 0 Å². The Labute approximate surface area is 116 Å². The van der Waals surface area contributed by atoms with E-state index in [1.54, 1.807) is 0 Å². The number of carbonyl (C=O) groups is 1. The smallest absolute Gasteiger partial charge is 0.240 e. The molecule has 0 spiro atoms. The zero-order chi connectivity index (χ0) is 13.5. The van der Waals surface area contributed by atoms with E-state index in [0.717, 1.165) is 37.4 Å². The summed E-state index contributed by atoms with van der Waals surface area (Å²) in [5.41, 5.74) is 0. The van der Waals surface area contributed by atoms with Gasteiger partial charge in [-0.05, 0) is 18.8 Å². The van der Waals surface area contributed by atoms with Crippen LogP contribution in [-0.2, 0) is 4.79 Å². The highest BCUT2D eigenvalue weighted by Gasteiger charge is 2.29. The Bertz CT molecular complexity index is 248. The third-order valence-electron chi connectivity index (χ3n) is 3.45. The number of rotatable bonds is 6. The van der Waals surface area contributed by atoms with Crippen molar-refractivity contribution in [2.75, 3.05) is 24.6 Å². The second-order valence-electron chi connectivity index (χ2n) is 5.44. The maximum atomic E-state index is 12.6. The molecule has 1 saturated heterocycles. The molecule has 0 aromatic carbocycles. The minimum atomic E-state index is 0.0306. The van der Waals surface area contributed by atoms with Crippen molar-refractivity contribution in [2.45, 2.75) is 52.6 Å². The predicted molar refractivity (Wildman–Crippen MR) is 80.0 cm³/mol. The fraction of sp³-hybridized carbons (Fsp3) is 0.929. The van der Waals surface area contributed by atoms with E-state index in [1.807, 2.05) is 11.8 Å². The lowest BCUT2D eigenvalue weighted by molar-refractivity contribution is -0.136. The Morgan fingerprint density at radius 1 is 1.39 bits per heavy atom. The van der Waals surface area contributed by atoms with Gasteiger partial charge in [0.15, 0.2) is 0 Å². The van der Waals surface area contributed by atoms with E-state index in [9.17, 15) is 4.79 Å². The highest BCUT2D eigenvalue weighted by atomic mass is 32.2. The molecule has 1 fully saturated rings. The van der Waals surface area contributed by atoms with Crippen LogP contribution in [0.4, 0.5) is 0 Å². The monoisotopic (exact) mass is 272 g/mol. The van der Waals surface area contributed by atoms with Crippen LogP contribution in [0.1, 0.15) is 40.5 Å². The van der Waals surface area contributed by atoms with E-state index in [1.165, 1.54) is 0 Å². The van der Waals surface area contributed by atoms with Crippen LogP contribution in [-0.4, -0.2) is 47.5 Å². The fourth-order valence-corrected chi connectivity index (χ4v) is 3.39. The predicted octanol–water partition coefficient (Wildman–Crippen LogP) is 2.36. The van der Waals surface area contributed by atoms with Gasteiger partial charge in [-0.15, -0.1) is 0 Å². The number of carbonyl (C=O) groups excluding carboxylic acids is 1. The number of hydrogen-bond acceptors (Lipinski definition) is 3. The molecule has 1 aliphatic heterocycles. The fourth-order valence-electron chi connectivity index (χ4n) is 2.47. The molecule has 0 aromatic rings. The summed E-state index contributed by atoms with van der Waals surface area (Å²) >= 11 is 1.88. The second-order valence-corrected chi connectivity index (χ2v) is 6.59. The van der Waals surface area contributed by atoms with Crippen LogP contribution in [0, 0.1) is 5.92 Å². The lowest BCUT2D eigenvalue weighted by atomic mass is 10.1. The molecule has 0 bridgehead atoms. The molecule has 0 aromatic heterocycles. The molecule has 18 heavy (non-hydrogen) atoms. The van der Waals surface area contributed by atoms with Crippen molar-refractivity contribution < 1.29 is 4.79 Å². The van der Waals surface area contributed by atoms with Crippen molar-refractivity contribution >= 4 is 17.7 Å². The summed E-state index contributed by atoms with van der Waals surface area (Å²) in [6.45, 7) is 10.6. The molecule has 0 aliphatic carbocycles. The minimum absolute atomic E-state index is 0.0306. The zero-order valence-corrected chi connectivity index (χ0v) is 13.1. The van der Waals surface area contributed by atoms with Gasteiger partial charge in [-0.3, -0.25) is 4.79 Å². The zero-order valence-electron chi connectivity index (χ0n) is 12.2. The summed E-state index contributed by atoms with van der Waals surface area (Å²) in [6.07, 6.45) is 2.10. The first kappa shape index (κ1) is 15.8. The number of nitrogens with one attached hydrogen (secondary N) is 1. The van der Waals surface area contributed by atoms with Crippen molar-refractivity contribution in [1.29, 1.82) is 0 Å². The normalized spacial score (nSPS) is 20.4. The minimum Gasteiger partial charge on any atom is -0.338 e. The molecular weight excluding hydrogens is 244 g/mol. The van der Waals surface area contributed by atoms with Gasteiger partial charge in [0.1, 0.15) is 0 Å². The first-order chi connectivity index (χ1) is 8.60. The van der Waals surface area contributed by atoms with Gasteiger partial charge in [0.05, 0.1) is 6.04 Å². The Morgan fingerprint density at radius 2 is 2.06 bits per heavy atom. The third-order valence-corrected chi connectivity index (χ3v) is 4.51. The third kappa shape index (κ3) is 4.47. The lowest BCUT2D eigenvalue weighted by Gasteiger charge is -2.36. The van der Waals surface area contributed by atoms with Crippen LogP contribution in [0.3, 0.4) is 0 Å². The van der Waals surface area contributed by atoms with Gasteiger partial charge in [0, 0.05) is 30.6 Å². The average Bonchev–Trinajstić information content (AvgIpc) is 2.38. The van der Waals surface area contributed by atoms with Crippen molar-refractivity contribution in [3.05, 3.63) is 0 Å². The largest absolute Gasteiger partial charge is 0.338 e. The van der Waals surface area contributed by atoms with Gasteiger partial charge in [-0.1, -0.05) is 27.7 Å². The summed E-state index contributed by atoms with van der Waals surface area (Å²) < 4.78 is 0. The maximum Gasteiger partial charge on any atom is 0.240 e. The highest BCUT2D eigenvalue weighted by molar-refractivity contribution is 7.99. The van der Waals surface area contributed by atoms with Gasteiger partial charge < -0.3 is 10.2 Å². The van der Waals surface area contributed by atoms with Crippen LogP contribution in [0.15, 0.2) is 0 Å². The molecule has 1 heterocycles. The Kier molecular flexibility index (Phi) is 7.08. The Balaban J connectivity index is 2.70. The molecular formula is C14H28N2OS. The molecule has 3 nitrogen and oxygen atoms in total. The van der Waals surface area contributed by atoms with Crippen LogP contribution >= 0.6 is 11.8 Å². The molecule has 1 aliphatic rings. The van der Waals surface area contributed by atoms with Gasteiger partial charge in [0.25, 0.3) is 0 Å². The standard InChI is InChI=1S/C14H28N2OS/c1-5-12(6-2)16(9-11(3)4)14(17)13-10-18-8-7-15-13/h11-13,15H,5-10H2,1-4H3. The number of thioether (sulfide) groups is 1. The van der Waals surface area contributed by atoms with E-state index in [0.29, 0.717) is 17.9 Å². The lowest BCUT2D eigenvalue weighted by Crippen LogP contribution is -2.54. The summed E-state index contributed by atoms with van der Waals surface area (Å²) in [4.78, 5) is 14.8. The first-order valence-corrected chi connectivity index (χ1v) is 8.37. The molecule has 1 atom stereocenters. The van der Waals surface area contributed by atoms with Crippen molar-refractivity contribution in [2.24, 2.45) is 5.92 Å². The molecule has 106 valence electrons. The van der Waals surface area contributed by atoms with E-state index < -0.39 is 0 Å². The Morgan fingerprint density at radius 3 is 2.50 bits per heavy atom. The van der Waals surface area contributed by atoms with Crippen molar-refractivity contribution in [1.82, 2.24) is 10.2 Å². The maximum absolute atomic E-state index is 12.6. The van der Waals surface area contributed by atoms with Gasteiger partial charge in [-0.2, -0.15) is 11.8 Å². The van der Waals surface area contributed by atoms with Crippen LogP contribution in [0.25, 0.3) is 0 Å². The molecule has 1 unspecified atom stereocenters. The highest BCUT2D eigenvalue weighted by Crippen LogP contribution is 2.16. The molecule has 1 rings (SSSR count). The summed E-state index contributed by atoms with van der Waals surface area (Å²) in [6, 6.07) is 0.428. The molecule has 1 amide bonds. The quantitative estimate of drug-likeness (QED) is 0.805. The molecule has 1 N–H and O–H groups in total. The van der Waals surface area contributed by atoms with Gasteiger partial charge in [0.2, 0.25) is 5.91 Å². The van der Waals surface area contributed by atoms with Crippen LogP contribution in [0.5, 0.6) is 0 Å². The number of amides is 1. The summed E-state index contributed by atoms with van der Waals surface area (Å²) in [5.74, 6) is 2.89. The number of nitrogens with zero attached hydrogens (tertiary/aromatic N) is 1. The van der Waals surface area contributed by atoms with E-state index in [2.05, 4.69) is 37.9 Å². The van der Waals surface area contributed by atoms with Crippen molar-refractivity contribution in [3.63, 3.8) is 0 Å². The number of hydrogen-bond donors (Lipinski definition) is 1. The van der Waals surface area contributed by atoms with Gasteiger partial charge >= 0.3 is 0 Å². The topological polar surface area (TPSA) is 32.3 Å². The summed E-state index contributed by atoms with van der Waals surface area (Å²) in [5, 5.41) is 3.36. The molecule has 4 heteroatoms.